The normalized spacial score (nSPS) is 14.0. The van der Waals surface area contributed by atoms with E-state index in [1.807, 2.05) is 25.2 Å². The van der Waals surface area contributed by atoms with E-state index in [0.717, 1.165) is 6.54 Å². The van der Waals surface area contributed by atoms with Gasteiger partial charge in [-0.25, -0.2) is 0 Å². The predicted octanol–water partition coefficient (Wildman–Crippen LogP) is 2.62. The molecule has 0 heterocycles. The molecular formula is C16H25F3N4. The Morgan fingerprint density at radius 1 is 1.22 bits per heavy atom. The summed E-state index contributed by atoms with van der Waals surface area (Å²) >= 11 is 0. The molecule has 23 heavy (non-hydrogen) atoms. The molecule has 0 radical (unpaired) electrons. The topological polar surface area (TPSA) is 39.7 Å². The Morgan fingerprint density at radius 2 is 1.87 bits per heavy atom. The highest BCUT2D eigenvalue weighted by molar-refractivity contribution is 5.79. The smallest absolute Gasteiger partial charge is 0.356 e. The van der Waals surface area contributed by atoms with Crippen molar-refractivity contribution in [3.05, 3.63) is 35.9 Å². The van der Waals surface area contributed by atoms with Crippen LogP contribution in [-0.4, -0.2) is 50.3 Å². The van der Waals surface area contributed by atoms with E-state index in [1.165, 1.54) is 5.56 Å². The summed E-state index contributed by atoms with van der Waals surface area (Å²) in [5.41, 5.74) is 1.22. The maximum atomic E-state index is 12.1. The molecule has 0 bridgehead atoms. The molecule has 0 aromatic heterocycles. The number of halogens is 3. The summed E-state index contributed by atoms with van der Waals surface area (Å²) in [5, 5.41) is 5.72. The zero-order valence-electron chi connectivity index (χ0n) is 13.8. The zero-order valence-corrected chi connectivity index (χ0v) is 13.8. The Balaban J connectivity index is 2.33. The lowest BCUT2D eigenvalue weighted by molar-refractivity contribution is -0.132. The second kappa shape index (κ2) is 9.39. The Labute approximate surface area is 135 Å². The third kappa shape index (κ3) is 8.44. The average Bonchev–Trinajstić information content (AvgIpc) is 2.50. The van der Waals surface area contributed by atoms with Gasteiger partial charge in [0.15, 0.2) is 5.96 Å². The summed E-state index contributed by atoms with van der Waals surface area (Å²) in [6.45, 7) is 3.27. The van der Waals surface area contributed by atoms with Crippen molar-refractivity contribution in [2.24, 2.45) is 4.99 Å². The molecule has 1 aromatic carbocycles. The number of rotatable bonds is 7. The molecule has 0 aliphatic rings. The molecule has 0 aliphatic carbocycles. The second-order valence-corrected chi connectivity index (χ2v) is 5.49. The number of aliphatic imine (C=N–C) groups is 1. The zero-order chi connectivity index (χ0) is 17.3. The van der Waals surface area contributed by atoms with Crippen LogP contribution in [0.15, 0.2) is 35.3 Å². The van der Waals surface area contributed by atoms with Gasteiger partial charge in [-0.2, -0.15) is 13.2 Å². The molecule has 0 fully saturated rings. The molecule has 1 atom stereocenters. The van der Waals surface area contributed by atoms with Crippen LogP contribution in [0.4, 0.5) is 13.2 Å². The number of likely N-dealkylation sites (N-methyl/N-ethyl adjacent to an activating group) is 1. The molecule has 0 saturated heterocycles. The van der Waals surface area contributed by atoms with Crippen molar-refractivity contribution in [1.29, 1.82) is 0 Å². The van der Waals surface area contributed by atoms with Crippen molar-refractivity contribution in [3.8, 4) is 0 Å². The van der Waals surface area contributed by atoms with Crippen molar-refractivity contribution in [2.45, 2.75) is 32.1 Å². The molecule has 0 amide bonds. The van der Waals surface area contributed by atoms with Crippen LogP contribution in [-0.2, 0) is 6.54 Å². The van der Waals surface area contributed by atoms with E-state index in [9.17, 15) is 13.2 Å². The summed E-state index contributed by atoms with van der Waals surface area (Å²) in [5.74, 6) is 0.384. The summed E-state index contributed by atoms with van der Waals surface area (Å²) < 4.78 is 36.4. The molecule has 0 saturated carbocycles. The van der Waals surface area contributed by atoms with Crippen molar-refractivity contribution < 1.29 is 13.2 Å². The Hall–Kier alpha value is -1.76. The van der Waals surface area contributed by atoms with Gasteiger partial charge < -0.3 is 10.6 Å². The van der Waals surface area contributed by atoms with Gasteiger partial charge in [0, 0.05) is 32.7 Å². The SMILES string of the molecule is CN=C(NCCC(F)(F)F)NCC(C)N(C)Cc1ccccc1. The van der Waals surface area contributed by atoms with Crippen molar-refractivity contribution in [2.75, 3.05) is 27.2 Å². The highest BCUT2D eigenvalue weighted by atomic mass is 19.4. The van der Waals surface area contributed by atoms with Crippen molar-refractivity contribution in [1.82, 2.24) is 15.5 Å². The third-order valence-electron chi connectivity index (χ3n) is 3.52. The standard InChI is InChI=1S/C16H25F3N4/c1-13(23(3)12-14-7-5-4-6-8-14)11-22-15(20-2)21-10-9-16(17,18)19/h4-8,13H,9-12H2,1-3H3,(H2,20,21,22). The molecule has 4 nitrogen and oxygen atoms in total. The second-order valence-electron chi connectivity index (χ2n) is 5.49. The number of hydrogen-bond acceptors (Lipinski definition) is 2. The first-order chi connectivity index (χ1) is 10.8. The van der Waals surface area contributed by atoms with Crippen LogP contribution in [0.3, 0.4) is 0 Å². The van der Waals surface area contributed by atoms with Crippen LogP contribution in [0.5, 0.6) is 0 Å². The van der Waals surface area contributed by atoms with Crippen LogP contribution >= 0.6 is 0 Å². The van der Waals surface area contributed by atoms with Gasteiger partial charge in [-0.15, -0.1) is 0 Å². The Kier molecular flexibility index (Phi) is 7.88. The minimum atomic E-state index is -4.16. The van der Waals surface area contributed by atoms with Crippen LogP contribution in [0.2, 0.25) is 0 Å². The minimum Gasteiger partial charge on any atom is -0.356 e. The number of nitrogens with zero attached hydrogens (tertiary/aromatic N) is 2. The summed E-state index contributed by atoms with van der Waals surface area (Å²) in [7, 11) is 3.56. The summed E-state index contributed by atoms with van der Waals surface area (Å²) in [4.78, 5) is 6.10. The van der Waals surface area contributed by atoms with E-state index in [4.69, 9.17) is 0 Å². The van der Waals surface area contributed by atoms with Gasteiger partial charge in [-0.05, 0) is 19.5 Å². The Morgan fingerprint density at radius 3 is 2.43 bits per heavy atom. The van der Waals surface area contributed by atoms with Crippen LogP contribution in [0.1, 0.15) is 18.9 Å². The average molecular weight is 330 g/mol. The van der Waals surface area contributed by atoms with Gasteiger partial charge in [0.05, 0.1) is 6.42 Å². The molecule has 0 spiro atoms. The lowest BCUT2D eigenvalue weighted by atomic mass is 10.2. The number of guanidine groups is 1. The molecule has 130 valence electrons. The quantitative estimate of drug-likeness (QED) is 0.596. The Bertz CT molecular complexity index is 474. The molecule has 1 rings (SSSR count). The molecule has 1 aromatic rings. The number of nitrogens with one attached hydrogen (secondary N) is 2. The van der Waals surface area contributed by atoms with E-state index < -0.39 is 12.6 Å². The van der Waals surface area contributed by atoms with Gasteiger partial charge in [-0.3, -0.25) is 9.89 Å². The number of alkyl halides is 3. The monoisotopic (exact) mass is 330 g/mol. The van der Waals surface area contributed by atoms with E-state index in [2.05, 4.69) is 39.6 Å². The minimum absolute atomic E-state index is 0.183. The highest BCUT2D eigenvalue weighted by Gasteiger charge is 2.26. The van der Waals surface area contributed by atoms with Crippen molar-refractivity contribution >= 4 is 5.96 Å². The third-order valence-corrected chi connectivity index (χ3v) is 3.52. The van der Waals surface area contributed by atoms with Crippen molar-refractivity contribution in [3.63, 3.8) is 0 Å². The van der Waals surface area contributed by atoms with Gasteiger partial charge in [0.25, 0.3) is 0 Å². The first-order valence-corrected chi connectivity index (χ1v) is 7.57. The fraction of sp³-hybridized carbons (Fsp3) is 0.562. The van der Waals surface area contributed by atoms with Gasteiger partial charge >= 0.3 is 6.18 Å². The fourth-order valence-electron chi connectivity index (χ4n) is 1.97. The first-order valence-electron chi connectivity index (χ1n) is 7.57. The van der Waals surface area contributed by atoms with Crippen LogP contribution in [0.25, 0.3) is 0 Å². The lowest BCUT2D eigenvalue weighted by Gasteiger charge is -2.26. The van der Waals surface area contributed by atoms with E-state index in [1.54, 1.807) is 7.05 Å². The molecule has 0 aliphatic heterocycles. The fourth-order valence-corrected chi connectivity index (χ4v) is 1.97. The molecular weight excluding hydrogens is 305 g/mol. The van der Waals surface area contributed by atoms with Crippen LogP contribution < -0.4 is 10.6 Å². The number of benzene rings is 1. The maximum absolute atomic E-state index is 12.1. The van der Waals surface area contributed by atoms with Crippen LogP contribution in [0, 0.1) is 0 Å². The van der Waals surface area contributed by atoms with E-state index in [-0.39, 0.29) is 12.6 Å². The lowest BCUT2D eigenvalue weighted by Crippen LogP contribution is -2.45. The molecule has 1 unspecified atom stereocenters. The van der Waals surface area contributed by atoms with E-state index in [0.29, 0.717) is 12.5 Å². The van der Waals surface area contributed by atoms with Gasteiger partial charge in [-0.1, -0.05) is 30.3 Å². The largest absolute Gasteiger partial charge is 0.390 e. The molecule has 2 N–H and O–H groups in total. The highest BCUT2D eigenvalue weighted by Crippen LogP contribution is 2.18. The van der Waals surface area contributed by atoms with Gasteiger partial charge in [0.1, 0.15) is 0 Å². The predicted molar refractivity (Wildman–Crippen MR) is 87.4 cm³/mol. The maximum Gasteiger partial charge on any atom is 0.390 e. The number of hydrogen-bond donors (Lipinski definition) is 2. The summed E-state index contributed by atoms with van der Waals surface area (Å²) in [6, 6.07) is 10.3. The summed E-state index contributed by atoms with van der Waals surface area (Å²) in [6.07, 6.45) is -5.04. The molecule has 7 heteroatoms. The van der Waals surface area contributed by atoms with E-state index >= 15 is 0 Å². The van der Waals surface area contributed by atoms with Gasteiger partial charge in [0.2, 0.25) is 0 Å². The first kappa shape index (κ1) is 19.3.